The zero-order valence-corrected chi connectivity index (χ0v) is 26.7. The Labute approximate surface area is 217 Å². The molecule has 208 valence electrons. The number of aliphatic hydroxyl groups is 2. The maximum atomic E-state index is 10.9. The minimum Gasteiger partial charge on any atom is -0.414 e. The van der Waals surface area contributed by atoms with Crippen molar-refractivity contribution in [2.24, 2.45) is 11.8 Å². The highest BCUT2D eigenvalue weighted by Gasteiger charge is 2.44. The highest BCUT2D eigenvalue weighted by molar-refractivity contribution is 6.74. The van der Waals surface area contributed by atoms with Crippen LogP contribution in [0, 0.1) is 11.8 Å². The van der Waals surface area contributed by atoms with E-state index in [1.807, 2.05) is 0 Å². The molecule has 0 bridgehead atoms. The van der Waals surface area contributed by atoms with Crippen LogP contribution in [0.2, 0.25) is 36.3 Å². The molecule has 6 nitrogen and oxygen atoms in total. The molecule has 2 aliphatic heterocycles. The van der Waals surface area contributed by atoms with Gasteiger partial charge < -0.3 is 28.5 Å². The van der Waals surface area contributed by atoms with Gasteiger partial charge in [-0.15, -0.1) is 0 Å². The van der Waals surface area contributed by atoms with Crippen LogP contribution in [0.4, 0.5) is 0 Å². The fourth-order valence-corrected chi connectivity index (χ4v) is 6.55. The van der Waals surface area contributed by atoms with Crippen molar-refractivity contribution in [2.45, 2.75) is 148 Å². The predicted octanol–water partition coefficient (Wildman–Crippen LogP) is 5.73. The van der Waals surface area contributed by atoms with E-state index < -0.39 is 28.8 Å². The Morgan fingerprint density at radius 2 is 1.00 bits per heavy atom. The molecule has 0 aromatic carbocycles. The van der Waals surface area contributed by atoms with Crippen molar-refractivity contribution in [3.63, 3.8) is 0 Å². The van der Waals surface area contributed by atoms with Crippen LogP contribution in [0.15, 0.2) is 0 Å². The van der Waals surface area contributed by atoms with Crippen molar-refractivity contribution in [2.75, 3.05) is 13.2 Å². The van der Waals surface area contributed by atoms with Crippen LogP contribution in [0.1, 0.15) is 74.7 Å². The summed E-state index contributed by atoms with van der Waals surface area (Å²) in [5.41, 5.74) is 0. The third-order valence-corrected chi connectivity index (χ3v) is 18.3. The summed E-state index contributed by atoms with van der Waals surface area (Å²) in [6.45, 7) is 27.7. The molecule has 2 rings (SSSR count). The molecule has 35 heavy (non-hydrogen) atoms. The van der Waals surface area contributed by atoms with Crippen molar-refractivity contribution in [1.82, 2.24) is 0 Å². The van der Waals surface area contributed by atoms with Gasteiger partial charge in [-0.05, 0) is 60.9 Å². The lowest BCUT2D eigenvalue weighted by molar-refractivity contribution is -0.198. The molecule has 0 aliphatic carbocycles. The summed E-state index contributed by atoms with van der Waals surface area (Å²) in [4.78, 5) is 0. The van der Waals surface area contributed by atoms with E-state index in [-0.39, 0.29) is 46.3 Å². The molecule has 2 saturated heterocycles. The molecule has 2 heterocycles. The lowest BCUT2D eigenvalue weighted by Gasteiger charge is -2.45. The van der Waals surface area contributed by atoms with Gasteiger partial charge in [-0.3, -0.25) is 0 Å². The van der Waals surface area contributed by atoms with Crippen molar-refractivity contribution in [3.8, 4) is 0 Å². The SMILES string of the molecule is C[C@@H]1C[C@H](CO[Si](C)(C)C(C)(C)C)O[C@@H](C[C@H]2O[C@@H](CO[Si](C)(C)C(C)(C)C)C[C@@H](C)[C@@H]2O)[C@H]1O. The number of ether oxygens (including phenoxy) is 2. The Morgan fingerprint density at radius 1 is 0.686 bits per heavy atom. The first kappa shape index (κ1) is 31.4. The van der Waals surface area contributed by atoms with E-state index in [1.165, 1.54) is 0 Å². The van der Waals surface area contributed by atoms with E-state index in [1.54, 1.807) is 0 Å². The minimum atomic E-state index is -1.88. The van der Waals surface area contributed by atoms with Crippen LogP contribution in [-0.4, -0.2) is 76.7 Å². The van der Waals surface area contributed by atoms with Gasteiger partial charge in [0, 0.05) is 6.42 Å². The Hall–Kier alpha value is 0.194. The average Bonchev–Trinajstić information content (AvgIpc) is 2.70. The summed E-state index contributed by atoms with van der Waals surface area (Å²) in [7, 11) is -3.76. The maximum Gasteiger partial charge on any atom is 0.192 e. The second kappa shape index (κ2) is 11.5. The topological polar surface area (TPSA) is 77.4 Å². The summed E-state index contributed by atoms with van der Waals surface area (Å²) < 4.78 is 25.7. The van der Waals surface area contributed by atoms with E-state index in [4.69, 9.17) is 18.3 Å². The van der Waals surface area contributed by atoms with Gasteiger partial charge >= 0.3 is 0 Å². The minimum absolute atomic E-state index is 0.0524. The average molecular weight is 533 g/mol. The molecule has 0 saturated carbocycles. The van der Waals surface area contributed by atoms with Crippen LogP contribution < -0.4 is 0 Å². The van der Waals surface area contributed by atoms with Gasteiger partial charge in [0.15, 0.2) is 16.6 Å². The molecule has 8 atom stereocenters. The first-order valence-electron chi connectivity index (χ1n) is 13.7. The molecule has 0 unspecified atom stereocenters. The van der Waals surface area contributed by atoms with Gasteiger partial charge in [-0.25, -0.2) is 0 Å². The Bertz CT molecular complexity index is 616. The normalized spacial score (nSPS) is 35.8. The molecule has 2 fully saturated rings. The highest BCUT2D eigenvalue weighted by atomic mass is 28.4. The molecule has 2 N–H and O–H groups in total. The molecule has 8 heteroatoms. The van der Waals surface area contributed by atoms with Gasteiger partial charge in [-0.1, -0.05) is 55.4 Å². The monoisotopic (exact) mass is 532 g/mol. The number of rotatable bonds is 8. The van der Waals surface area contributed by atoms with Gasteiger partial charge in [0.1, 0.15) is 0 Å². The molecule has 0 radical (unpaired) electrons. The maximum absolute atomic E-state index is 10.9. The Morgan fingerprint density at radius 3 is 1.29 bits per heavy atom. The Kier molecular flexibility index (Phi) is 10.3. The van der Waals surface area contributed by atoms with Crippen molar-refractivity contribution < 1.29 is 28.5 Å². The van der Waals surface area contributed by atoms with Gasteiger partial charge in [0.2, 0.25) is 0 Å². The second-order valence-electron chi connectivity index (χ2n) is 14.4. The number of hydrogen-bond acceptors (Lipinski definition) is 6. The van der Waals surface area contributed by atoms with E-state index in [0.717, 1.165) is 12.8 Å². The lowest BCUT2D eigenvalue weighted by atomic mass is 9.84. The molecule has 0 amide bonds. The number of aliphatic hydroxyl groups excluding tert-OH is 2. The first-order chi connectivity index (χ1) is 15.7. The zero-order valence-electron chi connectivity index (χ0n) is 24.7. The van der Waals surface area contributed by atoms with Crippen LogP contribution in [0.3, 0.4) is 0 Å². The third-order valence-electron chi connectivity index (χ3n) is 9.27. The van der Waals surface area contributed by atoms with Crippen LogP contribution in [-0.2, 0) is 18.3 Å². The van der Waals surface area contributed by atoms with Crippen LogP contribution in [0.5, 0.6) is 0 Å². The largest absolute Gasteiger partial charge is 0.414 e. The van der Waals surface area contributed by atoms with E-state index in [9.17, 15) is 10.2 Å². The summed E-state index contributed by atoms with van der Waals surface area (Å²) in [5.74, 6) is 0.218. The van der Waals surface area contributed by atoms with Crippen LogP contribution >= 0.6 is 0 Å². The highest BCUT2D eigenvalue weighted by Crippen LogP contribution is 2.39. The molecule has 0 aromatic rings. The molecule has 0 spiro atoms. The van der Waals surface area contributed by atoms with Gasteiger partial charge in [0.05, 0.1) is 49.8 Å². The summed E-state index contributed by atoms with van der Waals surface area (Å²) in [5, 5.41) is 22.2. The molecule has 2 aliphatic rings. The molecule has 0 aromatic heterocycles. The predicted molar refractivity (Wildman–Crippen MR) is 148 cm³/mol. The van der Waals surface area contributed by atoms with Crippen molar-refractivity contribution >= 4 is 16.6 Å². The quantitative estimate of drug-likeness (QED) is 0.389. The second-order valence-corrected chi connectivity index (χ2v) is 24.0. The fourth-order valence-electron chi connectivity index (χ4n) is 4.48. The zero-order chi connectivity index (χ0) is 27.0. The summed E-state index contributed by atoms with van der Waals surface area (Å²) in [6.07, 6.45) is 0.0243. The number of hydrogen-bond donors (Lipinski definition) is 2. The van der Waals surface area contributed by atoms with Crippen molar-refractivity contribution in [3.05, 3.63) is 0 Å². The molecular weight excluding hydrogens is 476 g/mol. The van der Waals surface area contributed by atoms with E-state index in [0.29, 0.717) is 19.6 Å². The van der Waals surface area contributed by atoms with Crippen LogP contribution in [0.25, 0.3) is 0 Å². The summed E-state index contributed by atoms with van der Waals surface area (Å²) >= 11 is 0. The van der Waals surface area contributed by atoms with E-state index in [2.05, 4.69) is 81.6 Å². The smallest absolute Gasteiger partial charge is 0.192 e. The van der Waals surface area contributed by atoms with E-state index >= 15 is 0 Å². The standard InChI is InChI=1S/C27H56O6Si2/c1-18-13-20(16-30-34(9,10)26(3,4)5)32-22(24(18)28)15-23-25(29)19(2)14-21(33-23)17-31-35(11,12)27(6,7)8/h18-25,28-29H,13-17H2,1-12H3/t18-,19-,20-,21-,22-,23+,24+,25+/m1/s1. The van der Waals surface area contributed by atoms with Crippen molar-refractivity contribution in [1.29, 1.82) is 0 Å². The third kappa shape index (κ3) is 8.09. The first-order valence-corrected chi connectivity index (χ1v) is 19.5. The fraction of sp³-hybridized carbons (Fsp3) is 1.00. The Balaban J connectivity index is 2.02. The molecular formula is C27H56O6Si2. The summed E-state index contributed by atoms with van der Waals surface area (Å²) in [6, 6.07) is 0. The van der Waals surface area contributed by atoms with Gasteiger partial charge in [0.25, 0.3) is 0 Å². The lowest BCUT2D eigenvalue weighted by Crippen LogP contribution is -2.53. The van der Waals surface area contributed by atoms with Gasteiger partial charge in [-0.2, -0.15) is 0 Å².